The van der Waals surface area contributed by atoms with Gasteiger partial charge in [-0.1, -0.05) is 6.07 Å². The molecule has 1 unspecified atom stereocenters. The Hall–Kier alpha value is -4.14. The van der Waals surface area contributed by atoms with Crippen LogP contribution in [0.1, 0.15) is 18.4 Å². The van der Waals surface area contributed by atoms with E-state index in [0.717, 1.165) is 47.5 Å². The first-order valence-electron chi connectivity index (χ1n) is 11.9. The molecule has 1 aliphatic heterocycles. The highest BCUT2D eigenvalue weighted by atomic mass is 19.1. The summed E-state index contributed by atoms with van der Waals surface area (Å²) in [5.41, 5.74) is 3.36. The van der Waals surface area contributed by atoms with Gasteiger partial charge < -0.3 is 19.7 Å². The summed E-state index contributed by atoms with van der Waals surface area (Å²) in [6.45, 7) is 1.79. The standard InChI is InChI=1S/C27H28FN5O3/c1-35-24-10-5-18(14-25(24)36-2)16-30-27(34)20-4-3-12-32(17-20)26-23-15-22(31-33(23)13-11-29-26)19-6-8-21(28)9-7-19/h5-11,13-15,20H,3-4,12,16-17H2,1-2H3,(H,30,34). The van der Waals surface area contributed by atoms with E-state index in [-0.39, 0.29) is 17.6 Å². The van der Waals surface area contributed by atoms with Crippen LogP contribution in [0.25, 0.3) is 16.8 Å². The van der Waals surface area contributed by atoms with Crippen LogP contribution in [-0.4, -0.2) is 47.8 Å². The molecule has 0 bridgehead atoms. The number of anilines is 1. The van der Waals surface area contributed by atoms with Gasteiger partial charge in [0.05, 0.1) is 25.8 Å². The van der Waals surface area contributed by atoms with E-state index >= 15 is 0 Å². The number of carbonyl (C=O) groups excluding carboxylic acids is 1. The average molecular weight is 490 g/mol. The zero-order chi connectivity index (χ0) is 25.1. The predicted molar refractivity (Wildman–Crippen MR) is 135 cm³/mol. The second-order valence-electron chi connectivity index (χ2n) is 8.81. The summed E-state index contributed by atoms with van der Waals surface area (Å²) in [6.07, 6.45) is 5.21. The molecule has 36 heavy (non-hydrogen) atoms. The summed E-state index contributed by atoms with van der Waals surface area (Å²) in [6, 6.07) is 13.8. The highest BCUT2D eigenvalue weighted by Gasteiger charge is 2.28. The third-order valence-electron chi connectivity index (χ3n) is 6.52. The molecule has 1 saturated heterocycles. The Labute approximate surface area is 208 Å². The molecular formula is C27H28FN5O3. The van der Waals surface area contributed by atoms with Crippen LogP contribution >= 0.6 is 0 Å². The molecule has 5 rings (SSSR count). The fraction of sp³-hybridized carbons (Fsp3) is 0.296. The molecule has 1 fully saturated rings. The quantitative estimate of drug-likeness (QED) is 0.421. The first-order chi connectivity index (χ1) is 17.6. The average Bonchev–Trinajstić information content (AvgIpc) is 3.36. The SMILES string of the molecule is COc1ccc(CNC(=O)C2CCCN(c3nccn4nc(-c5ccc(F)cc5)cc34)C2)cc1OC. The van der Waals surface area contributed by atoms with E-state index in [1.54, 1.807) is 43.3 Å². The van der Waals surface area contributed by atoms with E-state index in [2.05, 4.69) is 20.3 Å². The Morgan fingerprint density at radius 3 is 2.69 bits per heavy atom. The number of hydrogen-bond acceptors (Lipinski definition) is 6. The molecule has 0 saturated carbocycles. The second-order valence-corrected chi connectivity index (χ2v) is 8.81. The molecule has 9 heteroatoms. The fourth-order valence-corrected chi connectivity index (χ4v) is 4.62. The van der Waals surface area contributed by atoms with Crippen LogP contribution in [-0.2, 0) is 11.3 Å². The maximum atomic E-state index is 13.3. The number of piperidine rings is 1. The van der Waals surface area contributed by atoms with E-state index in [1.807, 2.05) is 24.3 Å². The number of ether oxygens (including phenoxy) is 2. The summed E-state index contributed by atoms with van der Waals surface area (Å²) >= 11 is 0. The second kappa shape index (κ2) is 10.2. The van der Waals surface area contributed by atoms with E-state index in [0.29, 0.717) is 24.6 Å². The van der Waals surface area contributed by atoms with Crippen molar-refractivity contribution in [2.45, 2.75) is 19.4 Å². The van der Waals surface area contributed by atoms with E-state index < -0.39 is 0 Å². The minimum absolute atomic E-state index is 0.0157. The lowest BCUT2D eigenvalue weighted by molar-refractivity contribution is -0.125. The molecular weight excluding hydrogens is 461 g/mol. The van der Waals surface area contributed by atoms with Crippen molar-refractivity contribution in [1.82, 2.24) is 19.9 Å². The van der Waals surface area contributed by atoms with Crippen LogP contribution in [0.15, 0.2) is 60.9 Å². The van der Waals surface area contributed by atoms with Crippen molar-refractivity contribution in [1.29, 1.82) is 0 Å². The molecule has 186 valence electrons. The number of aromatic nitrogens is 3. The minimum Gasteiger partial charge on any atom is -0.493 e. The van der Waals surface area contributed by atoms with Gasteiger partial charge in [0.2, 0.25) is 5.91 Å². The molecule has 8 nitrogen and oxygen atoms in total. The fourth-order valence-electron chi connectivity index (χ4n) is 4.62. The van der Waals surface area contributed by atoms with Crippen molar-refractivity contribution in [3.63, 3.8) is 0 Å². The lowest BCUT2D eigenvalue weighted by Gasteiger charge is -2.33. The Balaban J connectivity index is 1.29. The largest absolute Gasteiger partial charge is 0.493 e. The molecule has 4 aromatic rings. The van der Waals surface area contributed by atoms with Crippen LogP contribution in [0.5, 0.6) is 11.5 Å². The molecule has 0 aliphatic carbocycles. The summed E-state index contributed by atoms with van der Waals surface area (Å²) < 4.78 is 25.8. The third kappa shape index (κ3) is 4.82. The molecule has 2 aromatic carbocycles. The number of carbonyl (C=O) groups is 1. The number of halogens is 1. The summed E-state index contributed by atoms with van der Waals surface area (Å²) in [7, 11) is 3.19. The first-order valence-corrected chi connectivity index (χ1v) is 11.9. The number of fused-ring (bicyclic) bond motifs is 1. The smallest absolute Gasteiger partial charge is 0.225 e. The Kier molecular flexibility index (Phi) is 6.71. The maximum Gasteiger partial charge on any atom is 0.225 e. The zero-order valence-electron chi connectivity index (χ0n) is 20.3. The number of nitrogens with one attached hydrogen (secondary N) is 1. The van der Waals surface area contributed by atoms with Crippen molar-refractivity contribution < 1.29 is 18.7 Å². The lowest BCUT2D eigenvalue weighted by atomic mass is 9.97. The Bertz CT molecular complexity index is 1370. The van der Waals surface area contributed by atoms with Crippen LogP contribution < -0.4 is 19.7 Å². The summed E-state index contributed by atoms with van der Waals surface area (Å²) in [5.74, 6) is 1.65. The molecule has 0 spiro atoms. The monoisotopic (exact) mass is 489 g/mol. The van der Waals surface area contributed by atoms with Crippen molar-refractivity contribution >= 4 is 17.2 Å². The highest BCUT2D eigenvalue weighted by molar-refractivity contribution is 5.81. The normalized spacial score (nSPS) is 15.6. The van der Waals surface area contributed by atoms with Gasteiger partial charge in [-0.25, -0.2) is 13.9 Å². The molecule has 2 aromatic heterocycles. The lowest BCUT2D eigenvalue weighted by Crippen LogP contribution is -2.43. The number of rotatable bonds is 7. The topological polar surface area (TPSA) is 81.0 Å². The number of benzene rings is 2. The molecule has 0 radical (unpaired) electrons. The molecule has 3 heterocycles. The van der Waals surface area contributed by atoms with Gasteiger partial charge in [-0.15, -0.1) is 0 Å². The van der Waals surface area contributed by atoms with Crippen LogP contribution in [0, 0.1) is 11.7 Å². The van der Waals surface area contributed by atoms with Crippen molar-refractivity contribution in [3.05, 3.63) is 72.3 Å². The number of amides is 1. The van der Waals surface area contributed by atoms with Gasteiger partial charge in [0, 0.05) is 37.6 Å². The van der Waals surface area contributed by atoms with Gasteiger partial charge >= 0.3 is 0 Å². The van der Waals surface area contributed by atoms with Crippen molar-refractivity contribution in [3.8, 4) is 22.8 Å². The van der Waals surface area contributed by atoms with Crippen molar-refractivity contribution in [2.75, 3.05) is 32.2 Å². The predicted octanol–water partition coefficient (Wildman–Crippen LogP) is 4.09. The maximum absolute atomic E-state index is 13.3. The molecule has 1 aliphatic rings. The number of methoxy groups -OCH3 is 2. The summed E-state index contributed by atoms with van der Waals surface area (Å²) in [5, 5.41) is 7.71. The first kappa shape index (κ1) is 23.6. The van der Waals surface area contributed by atoms with Gasteiger partial charge in [0.15, 0.2) is 17.3 Å². The molecule has 1 atom stereocenters. The van der Waals surface area contributed by atoms with Gasteiger partial charge in [-0.05, 0) is 60.9 Å². The molecule has 1 N–H and O–H groups in total. The van der Waals surface area contributed by atoms with Gasteiger partial charge in [-0.2, -0.15) is 5.10 Å². The van der Waals surface area contributed by atoms with Crippen LogP contribution in [0.3, 0.4) is 0 Å². The van der Waals surface area contributed by atoms with Crippen molar-refractivity contribution in [2.24, 2.45) is 5.92 Å². The van der Waals surface area contributed by atoms with Crippen LogP contribution in [0.2, 0.25) is 0 Å². The summed E-state index contributed by atoms with van der Waals surface area (Å²) in [4.78, 5) is 19.8. The number of nitrogens with zero attached hydrogens (tertiary/aromatic N) is 4. The Morgan fingerprint density at radius 1 is 1.11 bits per heavy atom. The highest BCUT2D eigenvalue weighted by Crippen LogP contribution is 2.29. The number of hydrogen-bond donors (Lipinski definition) is 1. The van der Waals surface area contributed by atoms with Gasteiger partial charge in [0.1, 0.15) is 11.3 Å². The molecule has 1 amide bonds. The van der Waals surface area contributed by atoms with E-state index in [4.69, 9.17) is 9.47 Å². The van der Waals surface area contributed by atoms with Gasteiger partial charge in [-0.3, -0.25) is 4.79 Å². The van der Waals surface area contributed by atoms with E-state index in [1.165, 1.54) is 12.1 Å². The Morgan fingerprint density at radius 2 is 1.92 bits per heavy atom. The third-order valence-corrected chi connectivity index (χ3v) is 6.52. The van der Waals surface area contributed by atoms with E-state index in [9.17, 15) is 9.18 Å². The zero-order valence-corrected chi connectivity index (χ0v) is 20.3. The van der Waals surface area contributed by atoms with Gasteiger partial charge in [0.25, 0.3) is 0 Å². The van der Waals surface area contributed by atoms with Crippen LogP contribution in [0.4, 0.5) is 10.2 Å². The minimum atomic E-state index is -0.284.